The van der Waals surface area contributed by atoms with Crippen molar-refractivity contribution in [3.05, 3.63) is 35.0 Å². The Kier molecular flexibility index (Phi) is 2.89. The topological polar surface area (TPSA) is 53.1 Å². The summed E-state index contributed by atoms with van der Waals surface area (Å²) in [6.07, 6.45) is 2.67. The van der Waals surface area contributed by atoms with Crippen molar-refractivity contribution in [1.29, 1.82) is 0 Å². The summed E-state index contributed by atoms with van der Waals surface area (Å²) >= 11 is 0. The Morgan fingerprint density at radius 2 is 2.10 bits per heavy atom. The summed E-state index contributed by atoms with van der Waals surface area (Å²) in [4.78, 5) is 14.7. The highest BCUT2D eigenvalue weighted by atomic mass is 16.4. The Labute approximate surface area is 119 Å². The lowest BCUT2D eigenvalue weighted by atomic mass is 9.84. The number of rotatable bonds is 1. The van der Waals surface area contributed by atoms with Gasteiger partial charge in [-0.2, -0.15) is 0 Å². The molecule has 3 heteroatoms. The Balaban J connectivity index is 2.20. The van der Waals surface area contributed by atoms with Gasteiger partial charge in [-0.3, -0.25) is 4.79 Å². The molecule has 0 radical (unpaired) electrons. The van der Waals surface area contributed by atoms with E-state index in [0.29, 0.717) is 0 Å². The molecule has 0 saturated heterocycles. The van der Waals surface area contributed by atoms with Crippen LogP contribution in [0.2, 0.25) is 0 Å². The van der Waals surface area contributed by atoms with Crippen LogP contribution in [-0.4, -0.2) is 16.1 Å². The fraction of sp³-hybridized carbons (Fsp3) is 0.471. The predicted octanol–water partition coefficient (Wildman–Crippen LogP) is 3.97. The van der Waals surface area contributed by atoms with Crippen LogP contribution in [0.5, 0.6) is 0 Å². The molecule has 0 fully saturated rings. The zero-order valence-corrected chi connectivity index (χ0v) is 12.3. The van der Waals surface area contributed by atoms with Gasteiger partial charge in [-0.05, 0) is 47.9 Å². The molecule has 2 N–H and O–H groups in total. The minimum Gasteiger partial charge on any atom is -0.481 e. The summed E-state index contributed by atoms with van der Waals surface area (Å²) in [6, 6.07) is 6.46. The number of aromatic nitrogens is 1. The summed E-state index contributed by atoms with van der Waals surface area (Å²) in [5.74, 6) is -1.09. The molecule has 0 spiro atoms. The van der Waals surface area contributed by atoms with Gasteiger partial charge in [0.25, 0.3) is 0 Å². The Morgan fingerprint density at radius 3 is 2.75 bits per heavy atom. The molecule has 0 bridgehead atoms. The van der Waals surface area contributed by atoms with Gasteiger partial charge in [-0.25, -0.2) is 0 Å². The molecule has 106 valence electrons. The fourth-order valence-corrected chi connectivity index (χ4v) is 3.18. The van der Waals surface area contributed by atoms with Crippen LogP contribution in [0, 0.1) is 0 Å². The average Bonchev–Trinajstić information content (AvgIpc) is 2.74. The van der Waals surface area contributed by atoms with E-state index >= 15 is 0 Å². The van der Waals surface area contributed by atoms with Crippen molar-refractivity contribution in [3.8, 4) is 0 Å². The monoisotopic (exact) mass is 271 g/mol. The maximum absolute atomic E-state index is 11.4. The fourth-order valence-electron chi connectivity index (χ4n) is 3.18. The molecule has 1 atom stereocenters. The van der Waals surface area contributed by atoms with E-state index in [9.17, 15) is 9.90 Å². The van der Waals surface area contributed by atoms with Crippen LogP contribution in [0.4, 0.5) is 0 Å². The van der Waals surface area contributed by atoms with Crippen molar-refractivity contribution in [2.45, 2.75) is 51.4 Å². The van der Waals surface area contributed by atoms with Crippen molar-refractivity contribution in [2.24, 2.45) is 0 Å². The zero-order valence-electron chi connectivity index (χ0n) is 12.3. The second-order valence-corrected chi connectivity index (χ2v) is 6.81. The maximum Gasteiger partial charge on any atom is 0.312 e. The number of hydrogen-bond acceptors (Lipinski definition) is 1. The van der Waals surface area contributed by atoms with Gasteiger partial charge in [0.2, 0.25) is 0 Å². The molecule has 3 rings (SSSR count). The van der Waals surface area contributed by atoms with E-state index in [-0.39, 0.29) is 11.3 Å². The lowest BCUT2D eigenvalue weighted by molar-refractivity contribution is -0.139. The molecular formula is C17H21NO2. The molecule has 1 aliphatic carbocycles. The van der Waals surface area contributed by atoms with Crippen LogP contribution in [0.3, 0.4) is 0 Å². The highest BCUT2D eigenvalue weighted by Crippen LogP contribution is 2.37. The maximum atomic E-state index is 11.4. The Bertz CT molecular complexity index is 676. The molecule has 1 aromatic heterocycles. The third-order valence-corrected chi connectivity index (χ3v) is 4.37. The highest BCUT2D eigenvalue weighted by molar-refractivity contribution is 5.89. The molecule has 1 aromatic carbocycles. The summed E-state index contributed by atoms with van der Waals surface area (Å²) in [7, 11) is 0. The van der Waals surface area contributed by atoms with E-state index in [1.54, 1.807) is 0 Å². The van der Waals surface area contributed by atoms with E-state index in [0.717, 1.165) is 30.5 Å². The zero-order chi connectivity index (χ0) is 14.5. The lowest BCUT2D eigenvalue weighted by Crippen LogP contribution is -2.17. The van der Waals surface area contributed by atoms with Gasteiger partial charge in [-0.1, -0.05) is 26.8 Å². The van der Waals surface area contributed by atoms with E-state index in [2.05, 4.69) is 44.0 Å². The number of fused-ring (bicyclic) bond motifs is 3. The van der Waals surface area contributed by atoms with Crippen molar-refractivity contribution in [2.75, 3.05) is 0 Å². The summed E-state index contributed by atoms with van der Waals surface area (Å²) in [6.45, 7) is 6.61. The number of carboxylic acid groups (broad SMARTS) is 1. The Morgan fingerprint density at radius 1 is 1.35 bits per heavy atom. The molecule has 1 aliphatic rings. The standard InChI is InChI=1S/C17H21NO2/c1-17(2,3)10-7-8-14-13(9-10)11-5-4-6-12(16(19)20)15(11)18-14/h7-9,12,18H,4-6H2,1-3H3,(H,19,20). The van der Waals surface area contributed by atoms with Gasteiger partial charge >= 0.3 is 5.97 Å². The van der Waals surface area contributed by atoms with Crippen LogP contribution >= 0.6 is 0 Å². The van der Waals surface area contributed by atoms with Crippen LogP contribution < -0.4 is 0 Å². The normalized spacial score (nSPS) is 19.1. The molecule has 0 aliphatic heterocycles. The van der Waals surface area contributed by atoms with E-state index in [1.807, 2.05) is 0 Å². The van der Waals surface area contributed by atoms with Crippen LogP contribution in [0.1, 0.15) is 56.4 Å². The van der Waals surface area contributed by atoms with Gasteiger partial charge in [0.15, 0.2) is 0 Å². The van der Waals surface area contributed by atoms with Gasteiger partial charge in [0.1, 0.15) is 0 Å². The quantitative estimate of drug-likeness (QED) is 0.824. The number of hydrogen-bond donors (Lipinski definition) is 2. The first-order valence-electron chi connectivity index (χ1n) is 7.25. The van der Waals surface area contributed by atoms with E-state index in [1.165, 1.54) is 16.5 Å². The van der Waals surface area contributed by atoms with Crippen LogP contribution in [0.25, 0.3) is 10.9 Å². The summed E-state index contributed by atoms with van der Waals surface area (Å²) < 4.78 is 0. The SMILES string of the molecule is CC(C)(C)c1ccc2[nH]c3c(c2c1)CCCC3C(=O)O. The summed E-state index contributed by atoms with van der Waals surface area (Å²) in [5, 5.41) is 10.6. The number of H-pyrrole nitrogens is 1. The number of carbonyl (C=O) groups is 1. The predicted molar refractivity (Wildman–Crippen MR) is 80.3 cm³/mol. The summed E-state index contributed by atoms with van der Waals surface area (Å²) in [5.41, 5.74) is 4.61. The third-order valence-electron chi connectivity index (χ3n) is 4.37. The number of aryl methyl sites for hydroxylation is 1. The van der Waals surface area contributed by atoms with Gasteiger partial charge in [0.05, 0.1) is 5.92 Å². The van der Waals surface area contributed by atoms with Crippen LogP contribution in [-0.2, 0) is 16.6 Å². The van der Waals surface area contributed by atoms with Gasteiger partial charge < -0.3 is 10.1 Å². The van der Waals surface area contributed by atoms with Crippen LogP contribution in [0.15, 0.2) is 18.2 Å². The first-order valence-corrected chi connectivity index (χ1v) is 7.25. The molecule has 3 nitrogen and oxygen atoms in total. The minimum absolute atomic E-state index is 0.110. The molecule has 1 unspecified atom stereocenters. The van der Waals surface area contributed by atoms with Gasteiger partial charge in [-0.15, -0.1) is 0 Å². The smallest absolute Gasteiger partial charge is 0.312 e. The van der Waals surface area contributed by atoms with Crippen molar-refractivity contribution in [3.63, 3.8) is 0 Å². The number of aromatic amines is 1. The Hall–Kier alpha value is -1.77. The van der Waals surface area contributed by atoms with Crippen molar-refractivity contribution in [1.82, 2.24) is 4.98 Å². The number of carboxylic acids is 1. The molecule has 0 saturated carbocycles. The second kappa shape index (κ2) is 4.37. The largest absolute Gasteiger partial charge is 0.481 e. The van der Waals surface area contributed by atoms with E-state index in [4.69, 9.17) is 0 Å². The second-order valence-electron chi connectivity index (χ2n) is 6.81. The average molecular weight is 271 g/mol. The molecule has 20 heavy (non-hydrogen) atoms. The first-order chi connectivity index (χ1) is 9.38. The third kappa shape index (κ3) is 2.01. The highest BCUT2D eigenvalue weighted by Gasteiger charge is 2.29. The minimum atomic E-state index is -0.714. The molecule has 1 heterocycles. The molecule has 0 amide bonds. The van der Waals surface area contributed by atoms with Crippen molar-refractivity contribution < 1.29 is 9.90 Å². The number of aliphatic carboxylic acids is 1. The van der Waals surface area contributed by atoms with E-state index < -0.39 is 5.97 Å². The number of nitrogens with one attached hydrogen (secondary N) is 1. The lowest BCUT2D eigenvalue weighted by Gasteiger charge is -2.20. The van der Waals surface area contributed by atoms with Crippen molar-refractivity contribution >= 4 is 16.9 Å². The first kappa shape index (κ1) is 13.2. The van der Waals surface area contributed by atoms with Gasteiger partial charge in [0, 0.05) is 16.6 Å². The molecular weight excluding hydrogens is 250 g/mol. The molecule has 2 aromatic rings. The number of benzene rings is 1.